The number of aryl methyl sites for hydroxylation is 1. The van der Waals surface area contributed by atoms with Crippen LogP contribution < -0.4 is 16.7 Å². The molecule has 3 rings (SSSR count). The lowest BCUT2D eigenvalue weighted by atomic mass is 9.83. The van der Waals surface area contributed by atoms with Crippen LogP contribution in [0, 0.1) is 12.8 Å². The first-order valence-electron chi connectivity index (χ1n) is 9.20. The molecule has 6 nitrogen and oxygen atoms in total. The fourth-order valence-electron chi connectivity index (χ4n) is 3.54. The first-order valence-corrected chi connectivity index (χ1v) is 9.20. The molecule has 1 saturated carbocycles. The van der Waals surface area contributed by atoms with E-state index < -0.39 is 5.63 Å². The van der Waals surface area contributed by atoms with Gasteiger partial charge in [0.05, 0.1) is 6.10 Å². The van der Waals surface area contributed by atoms with E-state index >= 15 is 0 Å². The minimum Gasteiger partial charge on any atom is -0.423 e. The molecule has 1 aliphatic carbocycles. The molecular weight excluding hydrogens is 332 g/mol. The van der Waals surface area contributed by atoms with Gasteiger partial charge < -0.3 is 20.2 Å². The van der Waals surface area contributed by atoms with E-state index in [9.17, 15) is 9.59 Å². The summed E-state index contributed by atoms with van der Waals surface area (Å²) in [7, 11) is 0. The number of fused-ring (bicyclic) bond motifs is 1. The van der Waals surface area contributed by atoms with Crippen LogP contribution in [0.25, 0.3) is 11.0 Å². The molecule has 26 heavy (non-hydrogen) atoms. The second kappa shape index (κ2) is 8.01. The zero-order valence-corrected chi connectivity index (χ0v) is 15.3. The average molecular weight is 358 g/mol. The van der Waals surface area contributed by atoms with Crippen molar-refractivity contribution in [1.29, 1.82) is 0 Å². The Morgan fingerprint density at radius 1 is 1.35 bits per heavy atom. The largest absolute Gasteiger partial charge is 0.423 e. The number of hydrogen-bond acceptors (Lipinski definition) is 5. The third kappa shape index (κ3) is 4.14. The summed E-state index contributed by atoms with van der Waals surface area (Å²) in [4.78, 5) is 24.2. The van der Waals surface area contributed by atoms with Crippen molar-refractivity contribution in [3.8, 4) is 0 Å². The van der Waals surface area contributed by atoms with Crippen LogP contribution in [0.4, 0.5) is 5.69 Å². The maximum Gasteiger partial charge on any atom is 0.336 e. The van der Waals surface area contributed by atoms with E-state index in [0.717, 1.165) is 30.2 Å². The predicted octanol–water partition coefficient (Wildman–Crippen LogP) is 2.96. The van der Waals surface area contributed by atoms with Crippen molar-refractivity contribution >= 4 is 22.6 Å². The number of anilines is 1. The molecule has 1 aromatic heterocycles. The summed E-state index contributed by atoms with van der Waals surface area (Å²) in [5.74, 6) is -0.185. The summed E-state index contributed by atoms with van der Waals surface area (Å²) in [6.45, 7) is 4.63. The third-order valence-electron chi connectivity index (χ3n) is 4.96. The van der Waals surface area contributed by atoms with Gasteiger partial charge in [0.15, 0.2) is 0 Å². The Morgan fingerprint density at radius 2 is 2.15 bits per heavy atom. The molecule has 1 fully saturated rings. The van der Waals surface area contributed by atoms with Crippen LogP contribution in [-0.4, -0.2) is 24.7 Å². The highest BCUT2D eigenvalue weighted by Gasteiger charge is 2.32. The van der Waals surface area contributed by atoms with Gasteiger partial charge in [0.2, 0.25) is 5.91 Å². The smallest absolute Gasteiger partial charge is 0.336 e. The minimum atomic E-state index is -0.394. The Morgan fingerprint density at radius 3 is 2.88 bits per heavy atom. The Labute approximate surface area is 152 Å². The first kappa shape index (κ1) is 18.6. The predicted molar refractivity (Wildman–Crippen MR) is 101 cm³/mol. The van der Waals surface area contributed by atoms with E-state index in [4.69, 9.17) is 14.9 Å². The lowest BCUT2D eigenvalue weighted by Crippen LogP contribution is -2.45. The molecule has 1 aromatic carbocycles. The molecule has 2 aromatic rings. The highest BCUT2D eigenvalue weighted by molar-refractivity contribution is 5.95. The van der Waals surface area contributed by atoms with Gasteiger partial charge in [-0.15, -0.1) is 0 Å². The number of rotatable bonds is 5. The maximum atomic E-state index is 12.6. The van der Waals surface area contributed by atoms with Crippen molar-refractivity contribution in [3.63, 3.8) is 0 Å². The molecule has 0 radical (unpaired) electrons. The van der Waals surface area contributed by atoms with E-state index in [1.54, 1.807) is 6.07 Å². The van der Waals surface area contributed by atoms with Gasteiger partial charge in [-0.2, -0.15) is 0 Å². The molecular formula is C20H26N2O4. The van der Waals surface area contributed by atoms with Crippen molar-refractivity contribution in [2.45, 2.75) is 51.7 Å². The third-order valence-corrected chi connectivity index (χ3v) is 4.96. The number of nitrogens with two attached hydrogens (primary N) is 1. The van der Waals surface area contributed by atoms with Gasteiger partial charge >= 0.3 is 5.63 Å². The second-order valence-electron chi connectivity index (χ2n) is 7.03. The number of amides is 1. The van der Waals surface area contributed by atoms with Crippen molar-refractivity contribution < 1.29 is 13.9 Å². The van der Waals surface area contributed by atoms with E-state index in [1.807, 2.05) is 19.1 Å². The van der Waals surface area contributed by atoms with Crippen LogP contribution in [-0.2, 0) is 9.53 Å². The van der Waals surface area contributed by atoms with Crippen LogP contribution in [0.1, 0.15) is 38.2 Å². The fraction of sp³-hybridized carbons (Fsp3) is 0.500. The molecule has 3 atom stereocenters. The highest BCUT2D eigenvalue weighted by Crippen LogP contribution is 2.28. The maximum absolute atomic E-state index is 12.6. The van der Waals surface area contributed by atoms with Crippen molar-refractivity contribution in [1.82, 2.24) is 0 Å². The SMILES string of the molecule is CCCO[C@@H]1CC[C@H](C(=O)Nc2ccc3c(C)cc(=O)oc3c2)C[C@H]1N. The van der Waals surface area contributed by atoms with Crippen LogP contribution in [0.5, 0.6) is 0 Å². The summed E-state index contributed by atoms with van der Waals surface area (Å²) in [5.41, 5.74) is 7.75. The number of ether oxygens (including phenoxy) is 1. The molecule has 3 N–H and O–H groups in total. The Kier molecular flexibility index (Phi) is 5.74. The highest BCUT2D eigenvalue weighted by atomic mass is 16.5. The standard InChI is InChI=1S/C20H26N2O4/c1-3-8-25-17-7-4-13(10-16(17)21)20(24)22-14-5-6-15-12(2)9-19(23)26-18(15)11-14/h5-6,9,11,13,16-17H,3-4,7-8,10,21H2,1-2H3,(H,22,24)/t13-,16+,17+/m0/s1. The van der Waals surface area contributed by atoms with E-state index in [-0.39, 0.29) is 24.0 Å². The van der Waals surface area contributed by atoms with Gasteiger partial charge in [0.1, 0.15) is 5.58 Å². The molecule has 0 saturated heterocycles. The molecule has 1 aliphatic rings. The normalized spacial score (nSPS) is 23.1. The van der Waals surface area contributed by atoms with Gasteiger partial charge in [0.25, 0.3) is 0 Å². The summed E-state index contributed by atoms with van der Waals surface area (Å²) in [5, 5.41) is 3.78. The fourth-order valence-corrected chi connectivity index (χ4v) is 3.54. The molecule has 0 aliphatic heterocycles. The Hall–Kier alpha value is -2.18. The molecule has 0 bridgehead atoms. The molecule has 140 valence electrons. The number of carbonyl (C=O) groups is 1. The second-order valence-corrected chi connectivity index (χ2v) is 7.03. The van der Waals surface area contributed by atoms with Gasteiger partial charge in [-0.1, -0.05) is 6.92 Å². The molecule has 0 spiro atoms. The molecule has 1 heterocycles. The summed E-state index contributed by atoms with van der Waals surface area (Å²) in [6, 6.07) is 6.70. The van der Waals surface area contributed by atoms with E-state index in [2.05, 4.69) is 12.2 Å². The van der Waals surface area contributed by atoms with Crippen LogP contribution in [0.2, 0.25) is 0 Å². The van der Waals surface area contributed by atoms with Crippen molar-refractivity contribution in [3.05, 3.63) is 40.2 Å². The quantitative estimate of drug-likeness (QED) is 0.801. The summed E-state index contributed by atoms with van der Waals surface area (Å²) < 4.78 is 11.0. The van der Waals surface area contributed by atoms with Crippen LogP contribution >= 0.6 is 0 Å². The topological polar surface area (TPSA) is 94.6 Å². The van der Waals surface area contributed by atoms with Crippen LogP contribution in [0.15, 0.2) is 33.5 Å². The van der Waals surface area contributed by atoms with Gasteiger partial charge in [-0.25, -0.2) is 4.79 Å². The Balaban J connectivity index is 1.67. The molecule has 1 amide bonds. The number of hydrogen-bond donors (Lipinski definition) is 2. The van der Waals surface area contributed by atoms with Gasteiger partial charge in [0, 0.05) is 41.8 Å². The number of carbonyl (C=O) groups excluding carboxylic acids is 1. The van der Waals surface area contributed by atoms with E-state index in [0.29, 0.717) is 24.3 Å². The van der Waals surface area contributed by atoms with Crippen molar-refractivity contribution in [2.75, 3.05) is 11.9 Å². The van der Waals surface area contributed by atoms with Crippen molar-refractivity contribution in [2.24, 2.45) is 11.7 Å². The zero-order valence-electron chi connectivity index (χ0n) is 15.3. The number of nitrogens with one attached hydrogen (secondary N) is 1. The zero-order chi connectivity index (χ0) is 18.7. The van der Waals surface area contributed by atoms with E-state index in [1.165, 1.54) is 6.07 Å². The number of benzene rings is 1. The summed E-state index contributed by atoms with van der Waals surface area (Å²) in [6.07, 6.45) is 3.17. The molecule has 6 heteroatoms. The van der Waals surface area contributed by atoms with Gasteiger partial charge in [-0.05, 0) is 50.3 Å². The lowest BCUT2D eigenvalue weighted by molar-refractivity contribution is -0.122. The minimum absolute atomic E-state index is 0.0388. The Bertz CT molecular complexity index is 845. The first-order chi connectivity index (χ1) is 12.5. The van der Waals surface area contributed by atoms with Gasteiger partial charge in [-0.3, -0.25) is 4.79 Å². The average Bonchev–Trinajstić information content (AvgIpc) is 2.60. The monoisotopic (exact) mass is 358 g/mol. The lowest BCUT2D eigenvalue weighted by Gasteiger charge is -2.33. The van der Waals surface area contributed by atoms with Crippen LogP contribution in [0.3, 0.4) is 0 Å². The summed E-state index contributed by atoms with van der Waals surface area (Å²) >= 11 is 0. The molecule has 0 unspecified atom stereocenters.